The Morgan fingerprint density at radius 3 is 1.39 bits per heavy atom. The molecule has 13 aromatic carbocycles. The number of rotatable bonds is 4. The fourth-order valence-electron chi connectivity index (χ4n) is 12.0. The Morgan fingerprint density at radius 1 is 0.246 bits per heavy atom. The van der Waals surface area contributed by atoms with Crippen LogP contribution in [0.5, 0.6) is 0 Å². The molecule has 13 aromatic rings. The molecular formula is C60H36Si. The van der Waals surface area contributed by atoms with E-state index < -0.39 is 8.07 Å². The first-order valence-corrected chi connectivity index (χ1v) is 23.4. The summed E-state index contributed by atoms with van der Waals surface area (Å²) in [7, 11) is -2.79. The van der Waals surface area contributed by atoms with Gasteiger partial charge in [-0.2, -0.15) is 0 Å². The van der Waals surface area contributed by atoms with Crippen molar-refractivity contribution in [1.29, 1.82) is 0 Å². The summed E-state index contributed by atoms with van der Waals surface area (Å²) < 4.78 is 0. The quantitative estimate of drug-likeness (QED) is 0.123. The van der Waals surface area contributed by atoms with E-state index in [0.29, 0.717) is 0 Å². The van der Waals surface area contributed by atoms with Crippen molar-refractivity contribution >= 4 is 104 Å². The Labute approximate surface area is 354 Å². The van der Waals surface area contributed by atoms with Crippen LogP contribution in [0.3, 0.4) is 0 Å². The molecule has 1 aliphatic rings. The first kappa shape index (κ1) is 33.3. The number of fused-ring (bicyclic) bond motifs is 12. The zero-order valence-corrected chi connectivity index (χ0v) is 34.3. The lowest BCUT2D eigenvalue weighted by Gasteiger charge is -2.32. The van der Waals surface area contributed by atoms with E-state index in [2.05, 4.69) is 218 Å². The van der Waals surface area contributed by atoms with Crippen molar-refractivity contribution in [2.24, 2.45) is 0 Å². The summed E-state index contributed by atoms with van der Waals surface area (Å²) in [6, 6.07) is 83.1. The van der Waals surface area contributed by atoms with E-state index in [-0.39, 0.29) is 0 Å². The summed E-state index contributed by atoms with van der Waals surface area (Å²) in [5, 5.41) is 24.6. The molecule has 61 heavy (non-hydrogen) atoms. The lowest BCUT2D eigenvalue weighted by Crippen LogP contribution is -2.72. The number of hydrogen-bond donors (Lipinski definition) is 0. The van der Waals surface area contributed by atoms with Gasteiger partial charge in [0.05, 0.1) is 0 Å². The molecule has 1 aliphatic heterocycles. The van der Waals surface area contributed by atoms with Gasteiger partial charge in [-0.05, 0) is 142 Å². The summed E-state index contributed by atoms with van der Waals surface area (Å²) in [6.45, 7) is 0. The topological polar surface area (TPSA) is 0 Å². The highest BCUT2D eigenvalue weighted by Gasteiger charge is 2.50. The van der Waals surface area contributed by atoms with Gasteiger partial charge in [0.1, 0.15) is 0 Å². The van der Waals surface area contributed by atoms with Crippen LogP contribution < -0.4 is 20.7 Å². The Balaban J connectivity index is 1.28. The third-order valence-corrected chi connectivity index (χ3v) is 19.1. The molecule has 0 amide bonds. The summed E-state index contributed by atoms with van der Waals surface area (Å²) in [5.41, 5.74) is 7.87. The zero-order valence-electron chi connectivity index (χ0n) is 33.3. The number of benzene rings is 11. The van der Waals surface area contributed by atoms with Crippen LogP contribution in [0.25, 0.3) is 109 Å². The van der Waals surface area contributed by atoms with Crippen LogP contribution in [0.1, 0.15) is 0 Å². The molecular weight excluding hydrogens is 749 g/mol. The average Bonchev–Trinajstić information content (AvgIpc) is 3.95. The van der Waals surface area contributed by atoms with Crippen LogP contribution in [0.15, 0.2) is 218 Å². The molecule has 1 heterocycles. The monoisotopic (exact) mass is 784 g/mol. The fourth-order valence-corrected chi connectivity index (χ4v) is 17.4. The molecule has 0 saturated heterocycles. The van der Waals surface area contributed by atoms with Gasteiger partial charge in [-0.1, -0.05) is 206 Å². The van der Waals surface area contributed by atoms with Gasteiger partial charge >= 0.3 is 0 Å². The van der Waals surface area contributed by atoms with E-state index >= 15 is 0 Å². The summed E-state index contributed by atoms with van der Waals surface area (Å²) in [4.78, 5) is 0. The van der Waals surface area contributed by atoms with Crippen molar-refractivity contribution in [1.82, 2.24) is 0 Å². The molecule has 0 unspecified atom stereocenters. The lowest BCUT2D eigenvalue weighted by molar-refractivity contribution is 1.68. The van der Waals surface area contributed by atoms with Gasteiger partial charge in [0.15, 0.2) is 8.07 Å². The van der Waals surface area contributed by atoms with Crippen LogP contribution in [-0.4, -0.2) is 8.07 Å². The zero-order chi connectivity index (χ0) is 39.8. The molecule has 14 rings (SSSR count). The Hall–Kier alpha value is -7.58. The standard InChI is InChI=1S/C60H36Si/c1-5-19-37(20-6-1)53-50-35-48-42-28-14-13-27-41(42)44-30-17-31-45(55(44)48)57(50)54(38-21-7-2-8-22-38)59-51-36-49-43-29-15-16-34-52(43)61(39-23-9-3-10-24-39,40-25-11-4-12-26-40)60(49)47-33-18-32-46(56(47)51)58(53)59/h1-36H. The molecule has 0 fully saturated rings. The molecule has 0 saturated carbocycles. The molecule has 280 valence electrons. The van der Waals surface area contributed by atoms with E-state index in [9.17, 15) is 0 Å². The van der Waals surface area contributed by atoms with E-state index in [1.54, 1.807) is 0 Å². The highest BCUT2D eigenvalue weighted by Crippen LogP contribution is 2.55. The van der Waals surface area contributed by atoms with Crippen LogP contribution >= 0.6 is 0 Å². The Bertz CT molecular complexity index is 3850. The van der Waals surface area contributed by atoms with Crippen LogP contribution in [0, 0.1) is 0 Å². The SMILES string of the molecule is c1ccc(-c2c3cc4c5ccccc5c5cccc(c3c(-c3ccccc3)c3c6cc7c(c8cccc(c23)c86)[Si](c2ccccc2)(c2ccccc2)c2ccccc2-7)c54)cc1. The molecule has 0 aromatic heterocycles. The summed E-state index contributed by atoms with van der Waals surface area (Å²) in [5.74, 6) is 0. The Morgan fingerprint density at radius 2 is 0.721 bits per heavy atom. The normalized spacial score (nSPS) is 13.4. The second-order valence-electron chi connectivity index (χ2n) is 17.0. The maximum absolute atomic E-state index is 2.79. The molecule has 0 nitrogen and oxygen atoms in total. The van der Waals surface area contributed by atoms with Crippen molar-refractivity contribution < 1.29 is 0 Å². The van der Waals surface area contributed by atoms with E-state index in [1.165, 1.54) is 130 Å². The smallest absolute Gasteiger partial charge is 0.0623 e. The molecule has 0 atom stereocenters. The van der Waals surface area contributed by atoms with Crippen LogP contribution in [0.4, 0.5) is 0 Å². The van der Waals surface area contributed by atoms with Gasteiger partial charge < -0.3 is 0 Å². The third kappa shape index (κ3) is 4.19. The van der Waals surface area contributed by atoms with E-state index in [4.69, 9.17) is 0 Å². The van der Waals surface area contributed by atoms with Gasteiger partial charge in [-0.3, -0.25) is 0 Å². The largest absolute Gasteiger partial charge is 0.181 e. The van der Waals surface area contributed by atoms with Crippen molar-refractivity contribution in [3.8, 4) is 33.4 Å². The second kappa shape index (κ2) is 12.2. The minimum absolute atomic E-state index is 1.25. The molecule has 0 bridgehead atoms. The second-order valence-corrected chi connectivity index (χ2v) is 20.6. The number of hydrogen-bond acceptors (Lipinski definition) is 0. The highest BCUT2D eigenvalue weighted by molar-refractivity contribution is 7.23. The predicted octanol–water partition coefficient (Wildman–Crippen LogP) is 13.3. The van der Waals surface area contributed by atoms with Crippen molar-refractivity contribution in [2.75, 3.05) is 0 Å². The van der Waals surface area contributed by atoms with Gasteiger partial charge in [-0.15, -0.1) is 0 Å². The van der Waals surface area contributed by atoms with Crippen molar-refractivity contribution in [2.45, 2.75) is 0 Å². The molecule has 0 aliphatic carbocycles. The maximum Gasteiger partial charge on any atom is 0.181 e. The third-order valence-electron chi connectivity index (χ3n) is 14.2. The molecule has 0 N–H and O–H groups in total. The minimum atomic E-state index is -2.79. The predicted molar refractivity (Wildman–Crippen MR) is 265 cm³/mol. The van der Waals surface area contributed by atoms with Crippen molar-refractivity contribution in [3.05, 3.63) is 218 Å². The minimum Gasteiger partial charge on any atom is -0.0623 e. The van der Waals surface area contributed by atoms with Crippen molar-refractivity contribution in [3.63, 3.8) is 0 Å². The Kier molecular flexibility index (Phi) is 6.67. The first-order valence-electron chi connectivity index (χ1n) is 21.4. The maximum atomic E-state index is 2.62. The molecule has 1 heteroatoms. The van der Waals surface area contributed by atoms with Gasteiger partial charge in [0, 0.05) is 0 Å². The van der Waals surface area contributed by atoms with Crippen LogP contribution in [0.2, 0.25) is 0 Å². The summed E-state index contributed by atoms with van der Waals surface area (Å²) >= 11 is 0. The first-order chi connectivity index (χ1) is 30.3. The summed E-state index contributed by atoms with van der Waals surface area (Å²) in [6.07, 6.45) is 0. The van der Waals surface area contributed by atoms with Gasteiger partial charge in [0.2, 0.25) is 0 Å². The van der Waals surface area contributed by atoms with E-state index in [1.807, 2.05) is 0 Å². The van der Waals surface area contributed by atoms with Crippen LogP contribution in [-0.2, 0) is 0 Å². The van der Waals surface area contributed by atoms with E-state index in [0.717, 1.165) is 0 Å². The highest BCUT2D eigenvalue weighted by atomic mass is 28.3. The fraction of sp³-hybridized carbons (Fsp3) is 0. The van der Waals surface area contributed by atoms with Gasteiger partial charge in [-0.25, -0.2) is 0 Å². The average molecular weight is 785 g/mol. The lowest BCUT2D eigenvalue weighted by atomic mass is 9.83. The van der Waals surface area contributed by atoms with Gasteiger partial charge in [0.25, 0.3) is 0 Å². The molecule has 0 radical (unpaired) electrons. The molecule has 0 spiro atoms.